The number of carbonyl (C=O) groups excluding carboxylic acids is 4. The number of benzene rings is 2. The van der Waals surface area contributed by atoms with E-state index in [-0.39, 0.29) is 22.1 Å². The number of carbonyl (C=O) groups is 4. The third-order valence-corrected chi connectivity index (χ3v) is 11.1. The van der Waals surface area contributed by atoms with E-state index in [2.05, 4.69) is 44.2 Å². The molecule has 0 atom stereocenters. The van der Waals surface area contributed by atoms with E-state index in [1.807, 2.05) is 32.0 Å². The number of urea groups is 1. The summed E-state index contributed by atoms with van der Waals surface area (Å²) in [6.07, 6.45) is 1.76. The summed E-state index contributed by atoms with van der Waals surface area (Å²) in [7, 11) is 0. The van der Waals surface area contributed by atoms with Crippen LogP contribution in [0.5, 0.6) is 0 Å². The second-order valence-corrected chi connectivity index (χ2v) is 15.1. The van der Waals surface area contributed by atoms with Crippen LogP contribution in [0.4, 0.5) is 43.4 Å². The van der Waals surface area contributed by atoms with Gasteiger partial charge in [0.25, 0.3) is 0 Å². The Morgan fingerprint density at radius 1 is 0.979 bits per heavy atom. The van der Waals surface area contributed by atoms with Gasteiger partial charge < -0.3 is 5.32 Å². The van der Waals surface area contributed by atoms with Crippen molar-refractivity contribution in [3.05, 3.63) is 76.0 Å². The van der Waals surface area contributed by atoms with Crippen molar-refractivity contribution in [1.82, 2.24) is 23.4 Å². The second kappa shape index (κ2) is 14.8. The van der Waals surface area contributed by atoms with Crippen molar-refractivity contribution >= 4 is 78.5 Å². The molecule has 2 aliphatic rings. The third-order valence-electron chi connectivity index (χ3n) is 7.47. The molecule has 17 heteroatoms. The van der Waals surface area contributed by atoms with E-state index in [1.165, 1.54) is 22.4 Å². The van der Waals surface area contributed by atoms with E-state index in [4.69, 9.17) is 11.6 Å². The predicted molar refractivity (Wildman–Crippen MR) is 181 cm³/mol. The SMILES string of the molecule is Cc1nc(Nc2ncc(C(=O)Nc3c(C)cccc3Cl)s2)cc(N2CCN([I-]C(=O)Nc3ccc(N4CCC(=O)NC4=O)cc3)CC2)n1. The van der Waals surface area contributed by atoms with Crippen molar-refractivity contribution in [2.75, 3.05) is 58.5 Å². The zero-order valence-electron chi connectivity index (χ0n) is 25.9. The van der Waals surface area contributed by atoms with Gasteiger partial charge in [0.15, 0.2) is 0 Å². The average molecular weight is 802 g/mol. The fourth-order valence-corrected chi connectivity index (χ4v) is 8.02. The summed E-state index contributed by atoms with van der Waals surface area (Å²) in [6, 6.07) is 13.9. The molecule has 2 aliphatic heterocycles. The summed E-state index contributed by atoms with van der Waals surface area (Å²) in [5.74, 6) is 1.34. The molecule has 0 saturated carbocycles. The number of aryl methyl sites for hydroxylation is 2. The van der Waals surface area contributed by atoms with Gasteiger partial charge in [-0.25, -0.2) is 0 Å². The first kappa shape index (κ1) is 33.5. The van der Waals surface area contributed by atoms with Gasteiger partial charge in [-0.1, -0.05) is 23.7 Å². The number of nitrogens with one attached hydrogen (secondary N) is 4. The van der Waals surface area contributed by atoms with Crippen LogP contribution in [-0.4, -0.2) is 72.5 Å². The molecule has 48 heavy (non-hydrogen) atoms. The molecule has 2 aromatic heterocycles. The fourth-order valence-electron chi connectivity index (χ4n) is 5.06. The number of para-hydroxylation sites is 1. The number of hydrogen-bond donors (Lipinski definition) is 4. The first-order chi connectivity index (χ1) is 23.1. The van der Waals surface area contributed by atoms with Crippen LogP contribution in [0.3, 0.4) is 0 Å². The Bertz CT molecular complexity index is 1850. The summed E-state index contributed by atoms with van der Waals surface area (Å²) < 4.78 is 2.16. The molecule has 0 radical (unpaired) electrons. The molecule has 5 amide bonds. The molecule has 4 aromatic rings. The molecule has 2 fully saturated rings. The van der Waals surface area contributed by atoms with E-state index in [0.717, 1.165) is 11.4 Å². The fraction of sp³-hybridized carbons (Fsp3) is 0.258. The van der Waals surface area contributed by atoms with Gasteiger partial charge in [-0.15, -0.1) is 0 Å². The van der Waals surface area contributed by atoms with Crippen LogP contribution in [0, 0.1) is 13.8 Å². The number of anilines is 6. The minimum absolute atomic E-state index is 0.0285. The van der Waals surface area contributed by atoms with Gasteiger partial charge in [0.05, 0.1) is 10.7 Å². The second-order valence-electron chi connectivity index (χ2n) is 10.9. The molecule has 0 aliphatic carbocycles. The number of aromatic nitrogens is 3. The Morgan fingerprint density at radius 2 is 1.75 bits per heavy atom. The molecule has 0 spiro atoms. The molecular weight excluding hydrogens is 771 g/mol. The molecular formula is C31H31ClIN10O4S-. The van der Waals surface area contributed by atoms with Crippen molar-refractivity contribution < 1.29 is 40.7 Å². The van der Waals surface area contributed by atoms with E-state index < -0.39 is 27.5 Å². The van der Waals surface area contributed by atoms with Crippen molar-refractivity contribution in [3.8, 4) is 0 Å². The minimum atomic E-state index is -0.926. The molecule has 250 valence electrons. The summed E-state index contributed by atoms with van der Waals surface area (Å²) >= 11 is 6.55. The summed E-state index contributed by atoms with van der Waals surface area (Å²) in [5, 5.41) is 12.3. The molecule has 0 unspecified atom stereocenters. The normalized spacial score (nSPS) is 15.3. The van der Waals surface area contributed by atoms with Gasteiger partial charge in [-0.3, -0.25) is 4.79 Å². The number of imide groups is 1. The zero-order valence-corrected chi connectivity index (χ0v) is 29.6. The molecule has 0 bridgehead atoms. The average Bonchev–Trinajstić information content (AvgIpc) is 3.52. The van der Waals surface area contributed by atoms with Gasteiger partial charge in [-0.2, -0.15) is 0 Å². The maximum absolute atomic E-state index is 12.9. The van der Waals surface area contributed by atoms with Crippen LogP contribution >= 0.6 is 22.9 Å². The first-order valence-electron chi connectivity index (χ1n) is 14.9. The maximum atomic E-state index is 12.9. The molecule has 6 rings (SSSR count). The summed E-state index contributed by atoms with van der Waals surface area (Å²) in [5.41, 5.74) is 2.74. The van der Waals surface area contributed by atoms with Crippen LogP contribution in [-0.2, 0) is 4.79 Å². The van der Waals surface area contributed by atoms with Gasteiger partial charge in [0.2, 0.25) is 0 Å². The molecule has 14 nitrogen and oxygen atoms in total. The van der Waals surface area contributed by atoms with Crippen LogP contribution < -0.4 is 52.5 Å². The Balaban J connectivity index is 0.994. The van der Waals surface area contributed by atoms with Gasteiger partial charge in [-0.05, 0) is 18.6 Å². The van der Waals surface area contributed by atoms with Crippen LogP contribution in [0.25, 0.3) is 0 Å². The third kappa shape index (κ3) is 8.18. The standard InChI is InChI=1S/C31H31ClIN10O4S/c1-18-4-3-5-22(32)27(18)40-28(45)23-17-34-30(48-23)38-24-16-25(36-19(2)35-24)41-12-14-42(15-13-41)33-29(46)37-20-6-8-21(9-7-20)43-11-10-26(44)39-31(43)47/h3-9,16-17H,10-15H2,1-2H3,(H,37,46)(H,40,45)(H,39,44,47)(H,34,35,36,38)/q-1. The summed E-state index contributed by atoms with van der Waals surface area (Å²) in [6.45, 7) is 6.83. The number of thiazole rings is 1. The van der Waals surface area contributed by atoms with Crippen molar-refractivity contribution in [2.45, 2.75) is 20.3 Å². The molecule has 4 N–H and O–H groups in total. The number of amides is 5. The van der Waals surface area contributed by atoms with Gasteiger partial charge in [0.1, 0.15) is 0 Å². The number of halogens is 2. The van der Waals surface area contributed by atoms with Crippen LogP contribution in [0.2, 0.25) is 5.02 Å². The first-order valence-corrected chi connectivity index (χ1v) is 18.2. The van der Waals surface area contributed by atoms with E-state index in [0.29, 0.717) is 76.5 Å². The zero-order chi connectivity index (χ0) is 33.8. The van der Waals surface area contributed by atoms with Crippen molar-refractivity contribution in [3.63, 3.8) is 0 Å². The van der Waals surface area contributed by atoms with Crippen molar-refractivity contribution in [1.29, 1.82) is 0 Å². The Kier molecular flexibility index (Phi) is 10.3. The number of nitrogens with zero attached hydrogens (tertiary/aromatic N) is 6. The Labute approximate surface area is 295 Å². The number of piperazine rings is 1. The number of rotatable bonds is 9. The molecule has 2 saturated heterocycles. The molecule has 2 aromatic carbocycles. The molecule has 4 heterocycles. The predicted octanol–water partition coefficient (Wildman–Crippen LogP) is 2.00. The topological polar surface area (TPSA) is 165 Å². The van der Waals surface area contributed by atoms with E-state index in [1.54, 1.807) is 30.3 Å². The van der Waals surface area contributed by atoms with Crippen LogP contribution in [0.1, 0.15) is 27.5 Å². The van der Waals surface area contributed by atoms with E-state index in [9.17, 15) is 19.2 Å². The quantitative estimate of drug-likeness (QED) is 0.0853. The van der Waals surface area contributed by atoms with Crippen molar-refractivity contribution in [2.24, 2.45) is 0 Å². The Hall–Kier alpha value is -4.39. The van der Waals surface area contributed by atoms with Gasteiger partial charge >= 0.3 is 234 Å². The van der Waals surface area contributed by atoms with Gasteiger partial charge in [0, 0.05) is 0 Å². The summed E-state index contributed by atoms with van der Waals surface area (Å²) in [4.78, 5) is 66.8. The number of hydrogen-bond acceptors (Lipinski definition) is 11. The monoisotopic (exact) mass is 801 g/mol. The van der Waals surface area contributed by atoms with E-state index >= 15 is 0 Å². The van der Waals surface area contributed by atoms with Crippen LogP contribution in [0.15, 0.2) is 54.7 Å². The Morgan fingerprint density at radius 3 is 2.48 bits per heavy atom.